The number of hydrogen-bond donors (Lipinski definition) is 1. The monoisotopic (exact) mass is 134 g/mol. The second-order valence-electron chi connectivity index (χ2n) is 2.61. The van der Waals surface area contributed by atoms with E-state index in [2.05, 4.69) is 0 Å². The largest absolute Gasteiger partial charge is 0.231 e. The summed E-state index contributed by atoms with van der Waals surface area (Å²) in [6.45, 7) is 1.81. The molecule has 8 heavy (non-hydrogen) atoms. The maximum Gasteiger partial charge on any atom is 0.145 e. The molecule has 0 aromatic rings. The van der Waals surface area contributed by atoms with E-state index < -0.39 is 10.7 Å². The molecule has 1 aliphatic rings. The SMILES string of the molecule is CC1([SH](=O)=O)CCC1. The Morgan fingerprint density at radius 2 is 1.88 bits per heavy atom. The third-order valence-electron chi connectivity index (χ3n) is 1.87. The Balaban J connectivity index is 2.67. The van der Waals surface area contributed by atoms with E-state index in [-0.39, 0.29) is 4.75 Å². The molecule has 0 N–H and O–H groups in total. The average Bonchev–Trinajstić information content (AvgIpc) is 1.60. The molecule has 0 bridgehead atoms. The topological polar surface area (TPSA) is 34.1 Å². The summed E-state index contributed by atoms with van der Waals surface area (Å²) in [7, 11) is -2.16. The van der Waals surface area contributed by atoms with Crippen molar-refractivity contribution >= 4 is 10.7 Å². The van der Waals surface area contributed by atoms with E-state index >= 15 is 0 Å². The van der Waals surface area contributed by atoms with Gasteiger partial charge in [-0.05, 0) is 19.8 Å². The van der Waals surface area contributed by atoms with Crippen molar-refractivity contribution in [1.29, 1.82) is 0 Å². The first kappa shape index (κ1) is 6.08. The van der Waals surface area contributed by atoms with E-state index in [1.165, 1.54) is 0 Å². The highest BCUT2D eigenvalue weighted by molar-refractivity contribution is 7.74. The zero-order chi connectivity index (χ0) is 6.20. The van der Waals surface area contributed by atoms with Crippen molar-refractivity contribution in [3.63, 3.8) is 0 Å². The molecule has 3 heteroatoms. The fraction of sp³-hybridized carbons (Fsp3) is 1.00. The highest BCUT2D eigenvalue weighted by atomic mass is 32.2. The summed E-state index contributed by atoms with van der Waals surface area (Å²) in [6.07, 6.45) is 2.82. The first-order chi connectivity index (χ1) is 3.65. The van der Waals surface area contributed by atoms with Crippen LogP contribution >= 0.6 is 0 Å². The number of hydrogen-bond acceptors (Lipinski definition) is 2. The summed E-state index contributed by atoms with van der Waals surface area (Å²) in [5.41, 5.74) is 0. The van der Waals surface area contributed by atoms with Gasteiger partial charge >= 0.3 is 0 Å². The molecule has 0 unspecified atom stereocenters. The van der Waals surface area contributed by atoms with Gasteiger partial charge in [0.2, 0.25) is 0 Å². The van der Waals surface area contributed by atoms with Crippen molar-refractivity contribution in [2.24, 2.45) is 0 Å². The molecular formula is C5H10O2S. The molecule has 0 aromatic carbocycles. The van der Waals surface area contributed by atoms with Crippen LogP contribution in [0, 0.1) is 0 Å². The summed E-state index contributed by atoms with van der Waals surface area (Å²) in [4.78, 5) is 0. The van der Waals surface area contributed by atoms with Crippen molar-refractivity contribution in [2.45, 2.75) is 30.9 Å². The van der Waals surface area contributed by atoms with Gasteiger partial charge < -0.3 is 0 Å². The minimum Gasteiger partial charge on any atom is -0.231 e. The van der Waals surface area contributed by atoms with Gasteiger partial charge in [-0.1, -0.05) is 6.42 Å². The molecule has 0 amide bonds. The van der Waals surface area contributed by atoms with Crippen LogP contribution in [0.2, 0.25) is 0 Å². The molecule has 0 saturated heterocycles. The average molecular weight is 134 g/mol. The van der Waals surface area contributed by atoms with E-state index in [1.807, 2.05) is 6.92 Å². The predicted molar refractivity (Wildman–Crippen MR) is 32.6 cm³/mol. The summed E-state index contributed by atoms with van der Waals surface area (Å²) in [6, 6.07) is 0. The molecule has 0 radical (unpaired) electrons. The van der Waals surface area contributed by atoms with Gasteiger partial charge in [-0.3, -0.25) is 0 Å². The summed E-state index contributed by atoms with van der Waals surface area (Å²) >= 11 is 0. The van der Waals surface area contributed by atoms with Gasteiger partial charge in [-0.25, -0.2) is 8.42 Å². The highest BCUT2D eigenvalue weighted by Gasteiger charge is 2.34. The minimum atomic E-state index is -2.16. The van der Waals surface area contributed by atoms with Gasteiger partial charge in [0.1, 0.15) is 10.7 Å². The third-order valence-corrected chi connectivity index (χ3v) is 3.20. The molecule has 0 aliphatic heterocycles. The van der Waals surface area contributed by atoms with Crippen LogP contribution in [0.5, 0.6) is 0 Å². The van der Waals surface area contributed by atoms with Crippen LogP contribution < -0.4 is 0 Å². The lowest BCUT2D eigenvalue weighted by Crippen LogP contribution is -2.34. The van der Waals surface area contributed by atoms with Crippen LogP contribution in [0.4, 0.5) is 0 Å². The van der Waals surface area contributed by atoms with Crippen LogP contribution in [0.3, 0.4) is 0 Å². The van der Waals surface area contributed by atoms with E-state index in [9.17, 15) is 8.42 Å². The van der Waals surface area contributed by atoms with Gasteiger partial charge in [-0.2, -0.15) is 0 Å². The van der Waals surface area contributed by atoms with Crippen molar-refractivity contribution in [2.75, 3.05) is 0 Å². The quantitative estimate of drug-likeness (QED) is 0.531. The summed E-state index contributed by atoms with van der Waals surface area (Å²) in [5.74, 6) is 0. The van der Waals surface area contributed by atoms with Crippen LogP contribution in [0.25, 0.3) is 0 Å². The molecule has 0 atom stereocenters. The summed E-state index contributed by atoms with van der Waals surface area (Å²) < 4.78 is 20.4. The van der Waals surface area contributed by atoms with E-state index in [4.69, 9.17) is 0 Å². The van der Waals surface area contributed by atoms with Crippen molar-refractivity contribution < 1.29 is 8.42 Å². The Morgan fingerprint density at radius 3 is 1.88 bits per heavy atom. The first-order valence-corrected chi connectivity index (χ1v) is 3.97. The molecule has 1 fully saturated rings. The van der Waals surface area contributed by atoms with Gasteiger partial charge in [0.25, 0.3) is 0 Å². The first-order valence-electron chi connectivity index (χ1n) is 2.80. The Kier molecular flexibility index (Phi) is 1.31. The lowest BCUT2D eigenvalue weighted by Gasteiger charge is -2.31. The normalized spacial score (nSPS) is 25.2. The van der Waals surface area contributed by atoms with Crippen LogP contribution in [0.15, 0.2) is 0 Å². The van der Waals surface area contributed by atoms with E-state index in [0.29, 0.717) is 0 Å². The standard InChI is InChI=1S/C5H10O2S/c1-5(8(6)7)3-2-4-5/h8H,2-4H2,1H3. The Bertz CT molecular complexity index is 148. The fourth-order valence-corrected chi connectivity index (χ4v) is 1.55. The zero-order valence-electron chi connectivity index (χ0n) is 4.89. The number of rotatable bonds is 1. The highest BCUT2D eigenvalue weighted by Crippen LogP contribution is 2.34. The number of thiol groups is 1. The summed E-state index contributed by atoms with van der Waals surface area (Å²) in [5, 5.41) is 0. The smallest absolute Gasteiger partial charge is 0.145 e. The molecule has 1 rings (SSSR count). The molecule has 48 valence electrons. The van der Waals surface area contributed by atoms with Crippen LogP contribution in [-0.4, -0.2) is 13.2 Å². The van der Waals surface area contributed by atoms with Gasteiger partial charge in [-0.15, -0.1) is 0 Å². The molecular weight excluding hydrogens is 124 g/mol. The molecule has 0 heterocycles. The molecule has 1 aliphatic carbocycles. The van der Waals surface area contributed by atoms with Crippen molar-refractivity contribution in [3.05, 3.63) is 0 Å². The van der Waals surface area contributed by atoms with Crippen LogP contribution in [-0.2, 0) is 10.7 Å². The van der Waals surface area contributed by atoms with Gasteiger partial charge in [0.15, 0.2) is 0 Å². The van der Waals surface area contributed by atoms with E-state index in [1.54, 1.807) is 0 Å². The van der Waals surface area contributed by atoms with Crippen molar-refractivity contribution in [3.8, 4) is 0 Å². The maximum atomic E-state index is 10.3. The predicted octanol–water partition coefficient (Wildman–Crippen LogP) is 0.540. The Labute approximate surface area is 50.9 Å². The van der Waals surface area contributed by atoms with E-state index in [0.717, 1.165) is 19.3 Å². The lowest BCUT2D eigenvalue weighted by molar-refractivity contribution is 0.371. The second kappa shape index (κ2) is 1.72. The second-order valence-corrected chi connectivity index (χ2v) is 4.20. The van der Waals surface area contributed by atoms with Gasteiger partial charge in [0, 0.05) is 0 Å². The molecule has 0 aromatic heterocycles. The lowest BCUT2D eigenvalue weighted by atomic mass is 9.86. The minimum absolute atomic E-state index is 0.324. The molecule has 2 nitrogen and oxygen atoms in total. The molecule has 0 spiro atoms. The zero-order valence-corrected chi connectivity index (χ0v) is 5.78. The third kappa shape index (κ3) is 0.749. The molecule has 1 saturated carbocycles. The van der Waals surface area contributed by atoms with Crippen molar-refractivity contribution in [1.82, 2.24) is 0 Å². The Hall–Kier alpha value is -0.0500. The van der Waals surface area contributed by atoms with Gasteiger partial charge in [0.05, 0.1) is 4.75 Å². The fourth-order valence-electron chi connectivity index (χ4n) is 0.871. The van der Waals surface area contributed by atoms with Crippen LogP contribution in [0.1, 0.15) is 26.2 Å². The maximum absolute atomic E-state index is 10.3. The Morgan fingerprint density at radius 1 is 1.38 bits per heavy atom.